The number of carbonyl (C=O) groups excluding carboxylic acids is 1. The first kappa shape index (κ1) is 23.9. The zero-order valence-corrected chi connectivity index (χ0v) is 19.4. The van der Waals surface area contributed by atoms with E-state index in [-0.39, 0.29) is 23.0 Å². The summed E-state index contributed by atoms with van der Waals surface area (Å²) in [5.41, 5.74) is 1.33. The molecule has 0 spiro atoms. The first-order valence-electron chi connectivity index (χ1n) is 10.2. The highest BCUT2D eigenvalue weighted by atomic mass is 32.2. The van der Waals surface area contributed by atoms with E-state index >= 15 is 0 Å². The predicted molar refractivity (Wildman–Crippen MR) is 126 cm³/mol. The van der Waals surface area contributed by atoms with Gasteiger partial charge in [0.05, 0.1) is 25.7 Å². The van der Waals surface area contributed by atoms with E-state index in [1.807, 2.05) is 13.0 Å². The van der Waals surface area contributed by atoms with Crippen LogP contribution in [0.25, 0.3) is 0 Å². The molecular formula is C24H26N2O6S. The van der Waals surface area contributed by atoms with E-state index in [0.717, 1.165) is 5.56 Å². The van der Waals surface area contributed by atoms with Crippen molar-refractivity contribution in [1.82, 2.24) is 5.32 Å². The third-order valence-corrected chi connectivity index (χ3v) is 6.14. The lowest BCUT2D eigenvalue weighted by Gasteiger charge is -2.13. The Hall–Kier alpha value is -3.72. The van der Waals surface area contributed by atoms with Gasteiger partial charge in [0, 0.05) is 23.4 Å². The van der Waals surface area contributed by atoms with Crippen molar-refractivity contribution in [2.45, 2.75) is 18.4 Å². The number of methoxy groups -OCH3 is 2. The summed E-state index contributed by atoms with van der Waals surface area (Å²) in [7, 11) is -0.755. The third-order valence-electron chi connectivity index (χ3n) is 4.75. The molecule has 0 fully saturated rings. The Kier molecular flexibility index (Phi) is 7.78. The molecule has 0 aliphatic carbocycles. The van der Waals surface area contributed by atoms with Crippen LogP contribution in [-0.2, 0) is 16.6 Å². The van der Waals surface area contributed by atoms with Gasteiger partial charge in [-0.2, -0.15) is 0 Å². The van der Waals surface area contributed by atoms with Gasteiger partial charge in [-0.05, 0) is 55.5 Å². The van der Waals surface area contributed by atoms with Crippen molar-refractivity contribution in [3.8, 4) is 17.2 Å². The molecule has 0 aliphatic heterocycles. The molecule has 3 rings (SSSR count). The second-order valence-electron chi connectivity index (χ2n) is 6.93. The Bertz CT molecular complexity index is 1210. The number of carbonyl (C=O) groups is 1. The fourth-order valence-electron chi connectivity index (χ4n) is 3.19. The van der Waals surface area contributed by atoms with E-state index in [1.54, 1.807) is 49.6 Å². The van der Waals surface area contributed by atoms with Crippen LogP contribution in [0.2, 0.25) is 0 Å². The number of ether oxygens (including phenoxy) is 3. The number of sulfonamides is 1. The monoisotopic (exact) mass is 470 g/mol. The zero-order chi connectivity index (χ0) is 23.8. The molecule has 0 saturated carbocycles. The summed E-state index contributed by atoms with van der Waals surface area (Å²) in [5.74, 6) is 1.33. The molecule has 2 N–H and O–H groups in total. The average Bonchev–Trinajstić information content (AvgIpc) is 2.82. The minimum atomic E-state index is -3.83. The maximum absolute atomic E-state index is 12.7. The first-order chi connectivity index (χ1) is 15.9. The molecular weight excluding hydrogens is 444 g/mol. The van der Waals surface area contributed by atoms with Crippen LogP contribution >= 0.6 is 0 Å². The summed E-state index contributed by atoms with van der Waals surface area (Å²) < 4.78 is 43.9. The molecule has 9 heteroatoms. The van der Waals surface area contributed by atoms with Crippen LogP contribution in [0.3, 0.4) is 0 Å². The number of hydrogen-bond acceptors (Lipinski definition) is 6. The van der Waals surface area contributed by atoms with E-state index in [2.05, 4.69) is 10.0 Å². The highest BCUT2D eigenvalue weighted by Crippen LogP contribution is 2.30. The van der Waals surface area contributed by atoms with Gasteiger partial charge in [-0.3, -0.25) is 9.52 Å². The SMILES string of the molecule is CCOc1ccc(S(=O)(=O)Nc2cccc(C(=O)NCc3cccc(OC)c3OC)c2)cc1. The van der Waals surface area contributed by atoms with Gasteiger partial charge in [0.25, 0.3) is 15.9 Å². The van der Waals surface area contributed by atoms with Crippen LogP contribution in [0, 0.1) is 0 Å². The van der Waals surface area contributed by atoms with E-state index < -0.39 is 10.0 Å². The molecule has 174 valence electrons. The fourth-order valence-corrected chi connectivity index (χ4v) is 4.24. The lowest BCUT2D eigenvalue weighted by molar-refractivity contribution is 0.0950. The molecule has 0 radical (unpaired) electrons. The van der Waals surface area contributed by atoms with Crippen molar-refractivity contribution >= 4 is 21.6 Å². The standard InChI is InChI=1S/C24H26N2O6S/c1-4-32-20-11-13-21(14-12-20)33(28,29)26-19-9-5-7-17(15-19)24(27)25-16-18-8-6-10-22(30-2)23(18)31-3/h5-15,26H,4,16H2,1-3H3,(H,25,27). The smallest absolute Gasteiger partial charge is 0.261 e. The Morgan fingerprint density at radius 3 is 2.33 bits per heavy atom. The van der Waals surface area contributed by atoms with Gasteiger partial charge in [0.2, 0.25) is 0 Å². The Balaban J connectivity index is 1.71. The predicted octanol–water partition coefficient (Wildman–Crippen LogP) is 3.83. The van der Waals surface area contributed by atoms with Crippen LogP contribution in [0.15, 0.2) is 71.6 Å². The Morgan fingerprint density at radius 2 is 1.67 bits per heavy atom. The molecule has 8 nitrogen and oxygen atoms in total. The number of benzene rings is 3. The van der Waals surface area contributed by atoms with Crippen LogP contribution in [0.4, 0.5) is 5.69 Å². The number of anilines is 1. The number of amides is 1. The minimum Gasteiger partial charge on any atom is -0.494 e. The van der Waals surface area contributed by atoms with Gasteiger partial charge in [-0.15, -0.1) is 0 Å². The van der Waals surface area contributed by atoms with Crippen molar-refractivity contribution < 1.29 is 27.4 Å². The van der Waals surface area contributed by atoms with Gasteiger partial charge < -0.3 is 19.5 Å². The molecule has 3 aromatic carbocycles. The summed E-state index contributed by atoms with van der Waals surface area (Å²) in [5, 5.41) is 2.82. The normalized spacial score (nSPS) is 10.9. The van der Waals surface area contributed by atoms with Crippen molar-refractivity contribution in [3.63, 3.8) is 0 Å². The van der Waals surface area contributed by atoms with Gasteiger partial charge in [0.15, 0.2) is 11.5 Å². The molecule has 0 bridgehead atoms. The first-order valence-corrected chi connectivity index (χ1v) is 11.7. The fraction of sp³-hybridized carbons (Fsp3) is 0.208. The summed E-state index contributed by atoms with van der Waals surface area (Å²) in [6, 6.07) is 17.8. The van der Waals surface area contributed by atoms with Crippen LogP contribution in [0.5, 0.6) is 17.2 Å². The summed E-state index contributed by atoms with van der Waals surface area (Å²) >= 11 is 0. The van der Waals surface area contributed by atoms with Gasteiger partial charge in [0.1, 0.15) is 5.75 Å². The maximum atomic E-state index is 12.7. The molecule has 0 heterocycles. The highest BCUT2D eigenvalue weighted by Gasteiger charge is 2.16. The average molecular weight is 471 g/mol. The molecule has 0 aliphatic rings. The summed E-state index contributed by atoms with van der Waals surface area (Å²) in [6.45, 7) is 2.55. The lowest BCUT2D eigenvalue weighted by atomic mass is 10.1. The van der Waals surface area contributed by atoms with Crippen molar-refractivity contribution in [1.29, 1.82) is 0 Å². The van der Waals surface area contributed by atoms with E-state index in [4.69, 9.17) is 14.2 Å². The lowest BCUT2D eigenvalue weighted by Crippen LogP contribution is -2.23. The van der Waals surface area contributed by atoms with E-state index in [1.165, 1.54) is 25.3 Å². The number of nitrogens with one attached hydrogen (secondary N) is 2. The second-order valence-corrected chi connectivity index (χ2v) is 8.61. The Morgan fingerprint density at radius 1 is 0.939 bits per heavy atom. The third kappa shape index (κ3) is 5.95. The van der Waals surface area contributed by atoms with Crippen LogP contribution < -0.4 is 24.2 Å². The molecule has 0 unspecified atom stereocenters. The summed E-state index contributed by atoms with van der Waals surface area (Å²) in [4.78, 5) is 12.8. The molecule has 0 saturated heterocycles. The molecule has 1 amide bonds. The largest absolute Gasteiger partial charge is 0.494 e. The molecule has 0 aromatic heterocycles. The minimum absolute atomic E-state index is 0.0888. The Labute approximate surface area is 193 Å². The number of rotatable bonds is 10. The molecule has 3 aromatic rings. The number of hydrogen-bond donors (Lipinski definition) is 2. The quantitative estimate of drug-likeness (QED) is 0.467. The molecule has 33 heavy (non-hydrogen) atoms. The highest BCUT2D eigenvalue weighted by molar-refractivity contribution is 7.92. The van der Waals surface area contributed by atoms with Gasteiger partial charge in [-0.1, -0.05) is 18.2 Å². The number of para-hydroxylation sites is 1. The topological polar surface area (TPSA) is 103 Å². The van der Waals surface area contributed by atoms with E-state index in [9.17, 15) is 13.2 Å². The maximum Gasteiger partial charge on any atom is 0.261 e. The van der Waals surface area contributed by atoms with Crippen molar-refractivity contribution in [2.75, 3.05) is 25.5 Å². The van der Waals surface area contributed by atoms with Gasteiger partial charge >= 0.3 is 0 Å². The van der Waals surface area contributed by atoms with E-state index in [0.29, 0.717) is 29.4 Å². The van der Waals surface area contributed by atoms with Crippen molar-refractivity contribution in [2.24, 2.45) is 0 Å². The van der Waals surface area contributed by atoms with Crippen LogP contribution in [-0.4, -0.2) is 35.2 Å². The molecule has 0 atom stereocenters. The van der Waals surface area contributed by atoms with Crippen molar-refractivity contribution in [3.05, 3.63) is 77.9 Å². The summed E-state index contributed by atoms with van der Waals surface area (Å²) in [6.07, 6.45) is 0. The zero-order valence-electron chi connectivity index (χ0n) is 18.6. The second kappa shape index (κ2) is 10.7. The van der Waals surface area contributed by atoms with Gasteiger partial charge in [-0.25, -0.2) is 8.42 Å². The van der Waals surface area contributed by atoms with Crippen LogP contribution in [0.1, 0.15) is 22.8 Å².